The van der Waals surface area contributed by atoms with Gasteiger partial charge in [-0.1, -0.05) is 29.8 Å². The minimum absolute atomic E-state index is 0.735. The van der Waals surface area contributed by atoms with E-state index in [1.807, 2.05) is 54.9 Å². The molecule has 1 aliphatic heterocycles. The van der Waals surface area contributed by atoms with Crippen molar-refractivity contribution >= 4 is 23.6 Å². The molecule has 0 amide bonds. The molecule has 1 aromatic carbocycles. The summed E-state index contributed by atoms with van der Waals surface area (Å²) in [7, 11) is 0. The number of anilines is 1. The Morgan fingerprint density at radius 2 is 1.90 bits per heavy atom. The van der Waals surface area contributed by atoms with Crippen LogP contribution in [-0.2, 0) is 0 Å². The minimum Gasteiger partial charge on any atom is -0.353 e. The Labute approximate surface area is 129 Å². The highest BCUT2D eigenvalue weighted by molar-refractivity contribution is 6.30. The number of aromatic nitrogens is 1. The lowest BCUT2D eigenvalue weighted by atomic mass is 10.2. The number of pyridine rings is 1. The predicted octanol–water partition coefficient (Wildman–Crippen LogP) is 2.89. The van der Waals surface area contributed by atoms with Crippen molar-refractivity contribution in [1.29, 1.82) is 0 Å². The number of benzene rings is 1. The Bertz CT molecular complexity index is 607. The lowest BCUT2D eigenvalue weighted by molar-refractivity contribution is 0.271. The third-order valence-electron chi connectivity index (χ3n) is 3.45. The van der Waals surface area contributed by atoms with Crippen LogP contribution in [0.2, 0.25) is 5.02 Å². The summed E-state index contributed by atoms with van der Waals surface area (Å²) in [6.07, 6.45) is 3.70. The SMILES string of the molecule is Clc1cccc(/C=N/N2CCN(c3ccccn3)CC2)c1. The van der Waals surface area contributed by atoms with Gasteiger partial charge in [-0.2, -0.15) is 5.10 Å². The Morgan fingerprint density at radius 1 is 1.05 bits per heavy atom. The molecule has 1 fully saturated rings. The van der Waals surface area contributed by atoms with Crippen LogP contribution in [-0.4, -0.2) is 42.4 Å². The maximum Gasteiger partial charge on any atom is 0.128 e. The molecule has 0 aliphatic carbocycles. The van der Waals surface area contributed by atoms with Gasteiger partial charge in [-0.05, 0) is 29.8 Å². The largest absolute Gasteiger partial charge is 0.353 e. The summed E-state index contributed by atoms with van der Waals surface area (Å²) in [5.74, 6) is 1.04. The standard InChI is InChI=1S/C16H17ClN4/c17-15-5-3-4-14(12-15)13-19-21-10-8-20(9-11-21)16-6-1-2-7-18-16/h1-7,12-13H,8-11H2/b19-13+. The summed E-state index contributed by atoms with van der Waals surface area (Å²) in [4.78, 5) is 6.67. The number of piperazine rings is 1. The fourth-order valence-corrected chi connectivity index (χ4v) is 2.52. The number of hydrazone groups is 1. The van der Waals surface area contributed by atoms with E-state index in [0.717, 1.165) is 42.6 Å². The third kappa shape index (κ3) is 3.73. The average Bonchev–Trinajstić information content (AvgIpc) is 2.54. The molecule has 21 heavy (non-hydrogen) atoms. The fourth-order valence-electron chi connectivity index (χ4n) is 2.32. The second-order valence-electron chi connectivity index (χ2n) is 4.93. The predicted molar refractivity (Wildman–Crippen MR) is 87.1 cm³/mol. The molecule has 3 rings (SSSR count). The van der Waals surface area contributed by atoms with Gasteiger partial charge in [0.05, 0.1) is 19.3 Å². The lowest BCUT2D eigenvalue weighted by Crippen LogP contribution is -2.44. The average molecular weight is 301 g/mol. The number of hydrogen-bond donors (Lipinski definition) is 0. The van der Waals surface area contributed by atoms with Gasteiger partial charge < -0.3 is 4.90 Å². The van der Waals surface area contributed by atoms with Crippen LogP contribution in [0.25, 0.3) is 0 Å². The molecule has 0 spiro atoms. The maximum atomic E-state index is 5.96. The topological polar surface area (TPSA) is 31.7 Å². The van der Waals surface area contributed by atoms with E-state index in [0.29, 0.717) is 0 Å². The van der Waals surface area contributed by atoms with Gasteiger partial charge in [-0.15, -0.1) is 0 Å². The summed E-state index contributed by atoms with van der Waals surface area (Å²) in [5, 5.41) is 7.34. The van der Waals surface area contributed by atoms with E-state index in [2.05, 4.69) is 20.0 Å². The zero-order valence-corrected chi connectivity index (χ0v) is 12.4. The van der Waals surface area contributed by atoms with Gasteiger partial charge in [0, 0.05) is 24.3 Å². The van der Waals surface area contributed by atoms with Crippen molar-refractivity contribution in [2.24, 2.45) is 5.10 Å². The first-order valence-electron chi connectivity index (χ1n) is 7.02. The highest BCUT2D eigenvalue weighted by atomic mass is 35.5. The molecule has 0 unspecified atom stereocenters. The normalized spacial score (nSPS) is 15.7. The van der Waals surface area contributed by atoms with Crippen molar-refractivity contribution in [3.05, 3.63) is 59.2 Å². The van der Waals surface area contributed by atoms with Crippen molar-refractivity contribution in [2.75, 3.05) is 31.1 Å². The van der Waals surface area contributed by atoms with E-state index in [1.165, 1.54) is 0 Å². The Morgan fingerprint density at radius 3 is 2.62 bits per heavy atom. The molecule has 0 radical (unpaired) electrons. The van der Waals surface area contributed by atoms with Crippen LogP contribution in [0, 0.1) is 0 Å². The first-order chi connectivity index (χ1) is 10.3. The van der Waals surface area contributed by atoms with Gasteiger partial charge >= 0.3 is 0 Å². The van der Waals surface area contributed by atoms with E-state index in [1.54, 1.807) is 0 Å². The zero-order valence-electron chi connectivity index (χ0n) is 11.7. The fraction of sp³-hybridized carbons (Fsp3) is 0.250. The van der Waals surface area contributed by atoms with Gasteiger partial charge in [0.15, 0.2) is 0 Å². The second kappa shape index (κ2) is 6.59. The van der Waals surface area contributed by atoms with Crippen molar-refractivity contribution in [1.82, 2.24) is 9.99 Å². The number of hydrogen-bond acceptors (Lipinski definition) is 4. The zero-order chi connectivity index (χ0) is 14.5. The van der Waals surface area contributed by atoms with Gasteiger partial charge in [-0.25, -0.2) is 4.98 Å². The van der Waals surface area contributed by atoms with E-state index < -0.39 is 0 Å². The molecule has 5 heteroatoms. The van der Waals surface area contributed by atoms with Crippen LogP contribution < -0.4 is 4.90 Å². The van der Waals surface area contributed by atoms with Crippen LogP contribution >= 0.6 is 11.6 Å². The molecule has 2 aromatic rings. The lowest BCUT2D eigenvalue weighted by Gasteiger charge is -2.33. The summed E-state index contributed by atoms with van der Waals surface area (Å²) in [6, 6.07) is 13.7. The first-order valence-corrected chi connectivity index (χ1v) is 7.39. The van der Waals surface area contributed by atoms with E-state index in [-0.39, 0.29) is 0 Å². The molecule has 0 N–H and O–H groups in total. The number of halogens is 1. The van der Waals surface area contributed by atoms with Crippen molar-refractivity contribution < 1.29 is 0 Å². The van der Waals surface area contributed by atoms with Gasteiger partial charge in [0.1, 0.15) is 5.82 Å². The summed E-state index contributed by atoms with van der Waals surface area (Å²) in [5.41, 5.74) is 1.02. The summed E-state index contributed by atoms with van der Waals surface area (Å²) < 4.78 is 0. The van der Waals surface area contributed by atoms with Crippen LogP contribution in [0.5, 0.6) is 0 Å². The molecule has 1 aromatic heterocycles. The van der Waals surface area contributed by atoms with Crippen LogP contribution in [0.4, 0.5) is 5.82 Å². The van der Waals surface area contributed by atoms with Gasteiger partial charge in [-0.3, -0.25) is 5.01 Å². The minimum atomic E-state index is 0.735. The Hall–Kier alpha value is -2.07. The quantitative estimate of drug-likeness (QED) is 0.817. The first kappa shape index (κ1) is 13.9. The monoisotopic (exact) mass is 300 g/mol. The molecule has 108 valence electrons. The summed E-state index contributed by atoms with van der Waals surface area (Å²) in [6.45, 7) is 3.66. The van der Waals surface area contributed by atoms with Crippen molar-refractivity contribution in [2.45, 2.75) is 0 Å². The molecular formula is C16H17ClN4. The highest BCUT2D eigenvalue weighted by Gasteiger charge is 2.15. The molecular weight excluding hydrogens is 284 g/mol. The Balaban J connectivity index is 1.56. The Kier molecular flexibility index (Phi) is 4.36. The molecule has 1 saturated heterocycles. The third-order valence-corrected chi connectivity index (χ3v) is 3.68. The molecule has 1 aliphatic rings. The van der Waals surface area contributed by atoms with Crippen LogP contribution in [0.1, 0.15) is 5.56 Å². The number of rotatable bonds is 3. The van der Waals surface area contributed by atoms with Gasteiger partial charge in [0.25, 0.3) is 0 Å². The van der Waals surface area contributed by atoms with Crippen molar-refractivity contribution in [3.63, 3.8) is 0 Å². The molecule has 0 saturated carbocycles. The molecule has 2 heterocycles. The smallest absolute Gasteiger partial charge is 0.128 e. The molecule has 0 bridgehead atoms. The van der Waals surface area contributed by atoms with Crippen LogP contribution in [0.15, 0.2) is 53.8 Å². The highest BCUT2D eigenvalue weighted by Crippen LogP contribution is 2.13. The molecule has 0 atom stereocenters. The van der Waals surface area contributed by atoms with E-state index >= 15 is 0 Å². The van der Waals surface area contributed by atoms with Crippen LogP contribution in [0.3, 0.4) is 0 Å². The molecule has 4 nitrogen and oxygen atoms in total. The van der Waals surface area contributed by atoms with E-state index in [9.17, 15) is 0 Å². The summed E-state index contributed by atoms with van der Waals surface area (Å²) >= 11 is 5.96. The van der Waals surface area contributed by atoms with Gasteiger partial charge in [0.2, 0.25) is 0 Å². The maximum absolute atomic E-state index is 5.96. The van der Waals surface area contributed by atoms with Crippen molar-refractivity contribution in [3.8, 4) is 0 Å². The number of nitrogens with zero attached hydrogens (tertiary/aromatic N) is 4. The van der Waals surface area contributed by atoms with E-state index in [4.69, 9.17) is 11.6 Å². The second-order valence-corrected chi connectivity index (χ2v) is 5.36.